The average molecular weight is 351 g/mol. The van der Waals surface area contributed by atoms with Crippen molar-refractivity contribution in [2.45, 2.75) is 26.9 Å². The summed E-state index contributed by atoms with van der Waals surface area (Å²) in [5, 5.41) is 6.61. The van der Waals surface area contributed by atoms with Gasteiger partial charge < -0.3 is 4.57 Å². The Morgan fingerprint density at radius 1 is 1.40 bits per heavy atom. The summed E-state index contributed by atoms with van der Waals surface area (Å²) in [5.74, 6) is 1.01. The molecule has 3 aromatic heterocycles. The molecule has 20 heavy (non-hydrogen) atoms. The summed E-state index contributed by atoms with van der Waals surface area (Å²) in [7, 11) is 0. The molecule has 0 spiro atoms. The molecule has 4 nitrogen and oxygen atoms in total. The average Bonchev–Trinajstić information content (AvgIpc) is 3.15. The van der Waals surface area contributed by atoms with Crippen molar-refractivity contribution in [2.24, 2.45) is 0 Å². The van der Waals surface area contributed by atoms with E-state index in [0.29, 0.717) is 0 Å². The number of nitrogens with zero attached hydrogens (tertiary/aromatic N) is 4. The molecule has 6 heteroatoms. The summed E-state index contributed by atoms with van der Waals surface area (Å²) in [6.45, 7) is 5.76. The van der Waals surface area contributed by atoms with Crippen molar-refractivity contribution in [1.29, 1.82) is 0 Å². The van der Waals surface area contributed by atoms with E-state index in [1.54, 1.807) is 11.3 Å². The summed E-state index contributed by atoms with van der Waals surface area (Å²) in [5.41, 5.74) is 2.21. The van der Waals surface area contributed by atoms with Crippen molar-refractivity contribution in [2.75, 3.05) is 0 Å². The third kappa shape index (κ3) is 2.33. The fourth-order valence-corrected chi connectivity index (χ4v) is 3.39. The predicted octanol–water partition coefficient (Wildman–Crippen LogP) is 3.95. The molecule has 0 saturated heterocycles. The summed E-state index contributed by atoms with van der Waals surface area (Å²) in [6, 6.07) is 4.15. The Morgan fingerprint density at radius 2 is 2.25 bits per heavy atom. The molecule has 3 aromatic rings. The van der Waals surface area contributed by atoms with Crippen molar-refractivity contribution >= 4 is 27.3 Å². The van der Waals surface area contributed by atoms with Gasteiger partial charge in [-0.05, 0) is 41.2 Å². The normalized spacial score (nSPS) is 11.2. The summed E-state index contributed by atoms with van der Waals surface area (Å²) in [4.78, 5) is 5.66. The quantitative estimate of drug-likeness (QED) is 0.714. The fraction of sp³-hybridized carbons (Fsp3) is 0.286. The Balaban J connectivity index is 1.99. The first-order valence-electron chi connectivity index (χ1n) is 6.47. The van der Waals surface area contributed by atoms with Crippen LogP contribution in [0.1, 0.15) is 18.3 Å². The molecular formula is C14H15BrN4S. The number of aryl methyl sites for hydroxylation is 2. The zero-order valence-electron chi connectivity index (χ0n) is 11.4. The smallest absolute Gasteiger partial charge is 0.150 e. The number of imidazole rings is 1. The van der Waals surface area contributed by atoms with E-state index in [4.69, 9.17) is 0 Å². The first-order valence-corrected chi connectivity index (χ1v) is 8.14. The number of rotatable bonds is 4. The molecule has 0 aliphatic carbocycles. The Hall–Kier alpha value is -1.40. The van der Waals surface area contributed by atoms with E-state index in [1.165, 1.54) is 10.6 Å². The molecule has 3 rings (SSSR count). The van der Waals surface area contributed by atoms with Gasteiger partial charge >= 0.3 is 0 Å². The monoisotopic (exact) mass is 350 g/mol. The molecule has 0 fully saturated rings. The van der Waals surface area contributed by atoms with Gasteiger partial charge in [0.05, 0.1) is 27.3 Å². The van der Waals surface area contributed by atoms with Crippen LogP contribution in [0.3, 0.4) is 0 Å². The molecule has 104 valence electrons. The lowest BCUT2D eigenvalue weighted by Gasteiger charge is -2.09. The molecular weight excluding hydrogens is 336 g/mol. The van der Waals surface area contributed by atoms with Crippen LogP contribution in [0.5, 0.6) is 0 Å². The predicted molar refractivity (Wildman–Crippen MR) is 85.0 cm³/mol. The highest BCUT2D eigenvalue weighted by atomic mass is 79.9. The molecule has 0 amide bonds. The molecule has 0 aliphatic rings. The molecule has 0 unspecified atom stereocenters. The zero-order valence-corrected chi connectivity index (χ0v) is 13.8. The molecule has 0 N–H and O–H groups in total. The topological polar surface area (TPSA) is 35.6 Å². The van der Waals surface area contributed by atoms with Gasteiger partial charge in [0, 0.05) is 18.9 Å². The second kappa shape index (κ2) is 5.54. The Bertz CT molecular complexity index is 712. The van der Waals surface area contributed by atoms with E-state index in [1.807, 2.05) is 24.0 Å². The van der Waals surface area contributed by atoms with E-state index in [-0.39, 0.29) is 0 Å². The second-order valence-electron chi connectivity index (χ2n) is 4.52. The number of thiophene rings is 1. The van der Waals surface area contributed by atoms with Gasteiger partial charge in [-0.2, -0.15) is 5.10 Å². The van der Waals surface area contributed by atoms with Gasteiger partial charge in [-0.25, -0.2) is 4.98 Å². The minimum Gasteiger partial charge on any atom is -0.324 e. The molecule has 0 bridgehead atoms. The first-order chi connectivity index (χ1) is 9.70. The lowest BCUT2D eigenvalue weighted by molar-refractivity contribution is 0.598. The van der Waals surface area contributed by atoms with E-state index < -0.39 is 0 Å². The first kappa shape index (κ1) is 13.6. The molecule has 0 radical (unpaired) electrons. The van der Waals surface area contributed by atoms with E-state index in [2.05, 4.69) is 55.0 Å². The van der Waals surface area contributed by atoms with E-state index in [9.17, 15) is 0 Å². The fourth-order valence-electron chi connectivity index (χ4n) is 2.25. The Kier molecular flexibility index (Phi) is 3.76. The van der Waals surface area contributed by atoms with Crippen LogP contribution in [-0.2, 0) is 13.1 Å². The van der Waals surface area contributed by atoms with Gasteiger partial charge in [0.1, 0.15) is 5.82 Å². The Morgan fingerprint density at radius 3 is 2.95 bits per heavy atom. The maximum atomic E-state index is 4.54. The van der Waals surface area contributed by atoms with Crippen LogP contribution in [0.25, 0.3) is 10.7 Å². The van der Waals surface area contributed by atoms with Gasteiger partial charge in [-0.1, -0.05) is 6.07 Å². The lowest BCUT2D eigenvalue weighted by Crippen LogP contribution is -2.08. The minimum absolute atomic E-state index is 0.766. The largest absolute Gasteiger partial charge is 0.324 e. The van der Waals surface area contributed by atoms with Gasteiger partial charge in [0.25, 0.3) is 0 Å². The molecule has 3 heterocycles. The standard InChI is InChI=1S/C14H15BrN4S/c1-3-19-11(13(15)10(2)17-19)9-18-7-6-16-14(18)12-5-4-8-20-12/h4-8H,3,9H2,1-2H3. The SMILES string of the molecule is CCn1nc(C)c(Br)c1Cn1ccnc1-c1cccs1. The van der Waals surface area contributed by atoms with Gasteiger partial charge in [-0.15, -0.1) is 11.3 Å². The van der Waals surface area contributed by atoms with Crippen LogP contribution >= 0.6 is 27.3 Å². The third-order valence-corrected chi connectivity index (χ3v) is 5.13. The lowest BCUT2D eigenvalue weighted by atomic mass is 10.3. The van der Waals surface area contributed by atoms with Gasteiger partial charge in [0.15, 0.2) is 0 Å². The van der Waals surface area contributed by atoms with Crippen LogP contribution < -0.4 is 0 Å². The maximum absolute atomic E-state index is 4.54. The van der Waals surface area contributed by atoms with Crippen molar-refractivity contribution in [3.8, 4) is 10.7 Å². The van der Waals surface area contributed by atoms with E-state index >= 15 is 0 Å². The van der Waals surface area contributed by atoms with Crippen LogP contribution in [0.2, 0.25) is 0 Å². The number of aromatic nitrogens is 4. The molecule has 0 saturated carbocycles. The van der Waals surface area contributed by atoms with Crippen LogP contribution in [0.4, 0.5) is 0 Å². The number of halogens is 1. The maximum Gasteiger partial charge on any atom is 0.150 e. The summed E-state index contributed by atoms with van der Waals surface area (Å²) < 4.78 is 5.29. The van der Waals surface area contributed by atoms with Crippen molar-refractivity contribution < 1.29 is 0 Å². The molecule has 0 atom stereocenters. The zero-order chi connectivity index (χ0) is 14.1. The van der Waals surface area contributed by atoms with Crippen LogP contribution in [-0.4, -0.2) is 19.3 Å². The van der Waals surface area contributed by atoms with Crippen molar-refractivity contribution in [3.05, 3.63) is 45.8 Å². The summed E-state index contributed by atoms with van der Waals surface area (Å²) >= 11 is 5.35. The minimum atomic E-state index is 0.766. The highest BCUT2D eigenvalue weighted by molar-refractivity contribution is 9.10. The van der Waals surface area contributed by atoms with E-state index in [0.717, 1.165) is 29.1 Å². The molecule has 0 aromatic carbocycles. The summed E-state index contributed by atoms with van der Waals surface area (Å²) in [6.07, 6.45) is 3.87. The van der Waals surface area contributed by atoms with Crippen LogP contribution in [0, 0.1) is 6.92 Å². The van der Waals surface area contributed by atoms with Crippen LogP contribution in [0.15, 0.2) is 34.4 Å². The highest BCUT2D eigenvalue weighted by Gasteiger charge is 2.15. The number of hydrogen-bond donors (Lipinski definition) is 0. The third-order valence-electron chi connectivity index (χ3n) is 3.23. The Labute approximate surface area is 130 Å². The van der Waals surface area contributed by atoms with Crippen molar-refractivity contribution in [1.82, 2.24) is 19.3 Å². The second-order valence-corrected chi connectivity index (χ2v) is 6.26. The van der Waals surface area contributed by atoms with Gasteiger partial charge in [-0.3, -0.25) is 4.68 Å². The van der Waals surface area contributed by atoms with Gasteiger partial charge in [0.2, 0.25) is 0 Å². The number of hydrogen-bond acceptors (Lipinski definition) is 3. The molecule has 0 aliphatic heterocycles. The van der Waals surface area contributed by atoms with Crippen molar-refractivity contribution in [3.63, 3.8) is 0 Å². The highest BCUT2D eigenvalue weighted by Crippen LogP contribution is 2.26.